The van der Waals surface area contributed by atoms with Crippen LogP contribution >= 0.6 is 0 Å². The first-order chi connectivity index (χ1) is 23.6. The van der Waals surface area contributed by atoms with Crippen LogP contribution in [0.2, 0.25) is 0 Å². The zero-order valence-corrected chi connectivity index (χ0v) is 28.9. The molecule has 3 atom stereocenters. The molecule has 0 saturated heterocycles. The number of anilines is 1. The van der Waals surface area contributed by atoms with Crippen molar-refractivity contribution in [2.45, 2.75) is 85.0 Å². The lowest BCUT2D eigenvalue weighted by Crippen LogP contribution is -2.57. The molecule has 2 aromatic carbocycles. The average Bonchev–Trinajstić information content (AvgIpc) is 3.04. The summed E-state index contributed by atoms with van der Waals surface area (Å²) in [7, 11) is 0. The highest BCUT2D eigenvalue weighted by Crippen LogP contribution is 2.21. The first-order valence-electron chi connectivity index (χ1n) is 16.4. The number of hydrogen-bond donors (Lipinski definition) is 5. The largest absolute Gasteiger partial charge is 0.454 e. The van der Waals surface area contributed by atoms with E-state index in [2.05, 4.69) is 21.3 Å². The second kappa shape index (κ2) is 18.3. The molecule has 268 valence electrons. The van der Waals surface area contributed by atoms with Gasteiger partial charge in [-0.3, -0.25) is 24.0 Å². The highest BCUT2D eigenvalue weighted by atomic mass is 16.5. The van der Waals surface area contributed by atoms with Crippen LogP contribution in [-0.4, -0.2) is 53.6 Å². The SMILES string of the molecule is Cc1cc(=O)oc2cc(NC(=O)[C@H](CCC(N)=O)NC(=O)[C@H](CC(C)C)NC(=O)[C@H](CC(C)C)NC(=O)C(=O)OCc3ccccc3)ccc12. The van der Waals surface area contributed by atoms with Gasteiger partial charge in [-0.05, 0) is 61.3 Å². The molecule has 3 rings (SSSR count). The molecule has 1 heterocycles. The summed E-state index contributed by atoms with van der Waals surface area (Å²) in [4.78, 5) is 89.2. The first-order valence-corrected chi connectivity index (χ1v) is 16.4. The number of hydrogen-bond acceptors (Lipinski definition) is 9. The Morgan fingerprint density at radius 2 is 1.38 bits per heavy atom. The van der Waals surface area contributed by atoms with E-state index in [1.165, 1.54) is 12.1 Å². The quantitative estimate of drug-likeness (QED) is 0.0846. The Kier molecular flexibility index (Phi) is 14.2. The molecule has 14 nitrogen and oxygen atoms in total. The number of nitrogens with two attached hydrogens (primary N) is 1. The predicted molar refractivity (Wildman–Crippen MR) is 185 cm³/mol. The monoisotopic (exact) mass is 691 g/mol. The molecule has 50 heavy (non-hydrogen) atoms. The van der Waals surface area contributed by atoms with Crippen LogP contribution in [0.5, 0.6) is 0 Å². The molecule has 0 unspecified atom stereocenters. The van der Waals surface area contributed by atoms with E-state index in [-0.39, 0.29) is 55.4 Å². The topological polar surface area (TPSA) is 216 Å². The molecule has 0 fully saturated rings. The van der Waals surface area contributed by atoms with Gasteiger partial charge in [0.1, 0.15) is 30.3 Å². The second-order valence-electron chi connectivity index (χ2n) is 12.9. The molecule has 3 aromatic rings. The van der Waals surface area contributed by atoms with Gasteiger partial charge in [-0.1, -0.05) is 58.0 Å². The van der Waals surface area contributed by atoms with Crippen molar-refractivity contribution >= 4 is 52.2 Å². The van der Waals surface area contributed by atoms with Gasteiger partial charge in [0, 0.05) is 29.6 Å². The number of carbonyl (C=O) groups is 6. The Bertz CT molecular complexity index is 1750. The Morgan fingerprint density at radius 3 is 1.98 bits per heavy atom. The van der Waals surface area contributed by atoms with Gasteiger partial charge >= 0.3 is 17.5 Å². The van der Waals surface area contributed by atoms with Gasteiger partial charge in [-0.25, -0.2) is 9.59 Å². The molecule has 14 heteroatoms. The van der Waals surface area contributed by atoms with E-state index >= 15 is 0 Å². The predicted octanol–water partition coefficient (Wildman–Crippen LogP) is 2.60. The minimum atomic E-state index is -1.24. The molecule has 0 aliphatic heterocycles. The van der Waals surface area contributed by atoms with Crippen LogP contribution < -0.4 is 32.6 Å². The Balaban J connectivity index is 1.74. The van der Waals surface area contributed by atoms with Gasteiger partial charge < -0.3 is 36.2 Å². The standard InChI is InChI=1S/C36H45N5O9/c1-20(2)15-27(40-34(46)28(16-21(3)4)41-35(47)36(48)49-19-23-9-7-6-8-10-23)33(45)39-26(13-14-30(37)42)32(44)38-24-11-12-25-22(5)17-31(43)50-29(25)18-24/h6-12,17-18,20-21,26-28H,13-16,19H2,1-5H3,(H2,37,42)(H,38,44)(H,39,45)(H,40,46)(H,41,47)/t26-,27-,28-/m0/s1. The maximum atomic E-state index is 13.6. The normalized spacial score (nSPS) is 12.9. The lowest BCUT2D eigenvalue weighted by atomic mass is 9.99. The number of carbonyl (C=O) groups excluding carboxylic acids is 6. The van der Waals surface area contributed by atoms with Crippen molar-refractivity contribution in [1.82, 2.24) is 16.0 Å². The van der Waals surface area contributed by atoms with Crippen molar-refractivity contribution < 1.29 is 37.9 Å². The first kappa shape index (κ1) is 38.9. The van der Waals surface area contributed by atoms with Crippen molar-refractivity contribution in [3.8, 4) is 0 Å². The van der Waals surface area contributed by atoms with E-state index in [1.54, 1.807) is 49.4 Å². The number of ether oxygens (including phenoxy) is 1. The summed E-state index contributed by atoms with van der Waals surface area (Å²) in [6.07, 6.45) is -0.0662. The maximum Gasteiger partial charge on any atom is 0.397 e. The Hall–Kier alpha value is -5.53. The summed E-state index contributed by atoms with van der Waals surface area (Å²) in [6.45, 7) is 8.93. The third-order valence-electron chi connectivity index (χ3n) is 7.60. The highest BCUT2D eigenvalue weighted by molar-refractivity contribution is 6.32. The minimum absolute atomic E-state index is 0.0855. The number of amides is 5. The van der Waals surface area contributed by atoms with Gasteiger partial charge in [-0.15, -0.1) is 0 Å². The summed E-state index contributed by atoms with van der Waals surface area (Å²) >= 11 is 0. The van der Waals surface area contributed by atoms with E-state index in [4.69, 9.17) is 14.9 Å². The molecule has 5 amide bonds. The number of esters is 1. The Morgan fingerprint density at radius 1 is 0.780 bits per heavy atom. The fourth-order valence-electron chi connectivity index (χ4n) is 5.14. The van der Waals surface area contributed by atoms with Crippen LogP contribution in [-0.2, 0) is 40.1 Å². The van der Waals surface area contributed by atoms with Crippen molar-refractivity contribution in [3.05, 3.63) is 76.1 Å². The average molecular weight is 692 g/mol. The molecule has 0 aliphatic carbocycles. The van der Waals surface area contributed by atoms with Crippen molar-refractivity contribution in [3.63, 3.8) is 0 Å². The number of fused-ring (bicyclic) bond motifs is 1. The van der Waals surface area contributed by atoms with Gasteiger partial charge in [0.15, 0.2) is 0 Å². The van der Waals surface area contributed by atoms with Crippen molar-refractivity contribution in [1.29, 1.82) is 0 Å². The van der Waals surface area contributed by atoms with Crippen LogP contribution in [0.3, 0.4) is 0 Å². The van der Waals surface area contributed by atoms with Gasteiger partial charge in [0.2, 0.25) is 23.6 Å². The minimum Gasteiger partial charge on any atom is -0.454 e. The van der Waals surface area contributed by atoms with E-state index in [0.29, 0.717) is 16.5 Å². The van der Waals surface area contributed by atoms with Gasteiger partial charge in [0.05, 0.1) is 0 Å². The van der Waals surface area contributed by atoms with Crippen LogP contribution in [0.15, 0.2) is 63.8 Å². The third kappa shape index (κ3) is 12.2. The van der Waals surface area contributed by atoms with Crippen LogP contribution in [0.25, 0.3) is 11.0 Å². The van der Waals surface area contributed by atoms with Crippen LogP contribution in [0.4, 0.5) is 5.69 Å². The summed E-state index contributed by atoms with van der Waals surface area (Å²) < 4.78 is 10.3. The lowest BCUT2D eigenvalue weighted by Gasteiger charge is -2.26. The second-order valence-corrected chi connectivity index (χ2v) is 12.9. The zero-order chi connectivity index (χ0) is 37.0. The lowest BCUT2D eigenvalue weighted by molar-refractivity contribution is -0.156. The number of primary amides is 1. The van der Waals surface area contributed by atoms with Crippen LogP contribution in [0.1, 0.15) is 64.5 Å². The van der Waals surface area contributed by atoms with Gasteiger partial charge in [0.25, 0.3) is 0 Å². The Labute approximate surface area is 289 Å². The fraction of sp³-hybridized carbons (Fsp3) is 0.417. The van der Waals surface area contributed by atoms with E-state index in [0.717, 1.165) is 0 Å². The van der Waals surface area contributed by atoms with Gasteiger partial charge in [-0.2, -0.15) is 0 Å². The molecule has 0 saturated carbocycles. The smallest absolute Gasteiger partial charge is 0.397 e. The molecule has 1 aromatic heterocycles. The summed E-state index contributed by atoms with van der Waals surface area (Å²) in [6, 6.07) is 11.3. The number of benzene rings is 2. The van der Waals surface area contributed by atoms with Crippen molar-refractivity contribution in [2.75, 3.05) is 5.32 Å². The molecular weight excluding hydrogens is 646 g/mol. The van der Waals surface area contributed by atoms with Crippen LogP contribution in [0, 0.1) is 18.8 Å². The molecule has 0 spiro atoms. The zero-order valence-electron chi connectivity index (χ0n) is 28.9. The number of aryl methyl sites for hydroxylation is 1. The van der Waals surface area contributed by atoms with E-state index in [1.807, 2.05) is 27.7 Å². The third-order valence-corrected chi connectivity index (χ3v) is 7.60. The molecule has 0 aliphatic rings. The summed E-state index contributed by atoms with van der Waals surface area (Å²) in [5.74, 6) is -5.26. The highest BCUT2D eigenvalue weighted by Gasteiger charge is 2.32. The maximum absolute atomic E-state index is 13.6. The number of rotatable bonds is 16. The summed E-state index contributed by atoms with van der Waals surface area (Å²) in [5.41, 5.74) is 6.68. The molecular formula is C36H45N5O9. The van der Waals surface area contributed by atoms with Crippen molar-refractivity contribution in [2.24, 2.45) is 17.6 Å². The summed E-state index contributed by atoms with van der Waals surface area (Å²) in [5, 5.41) is 11.0. The fourth-order valence-corrected chi connectivity index (χ4v) is 5.14. The molecule has 0 radical (unpaired) electrons. The van der Waals surface area contributed by atoms with E-state index in [9.17, 15) is 33.6 Å². The number of nitrogens with one attached hydrogen (secondary N) is 4. The molecule has 6 N–H and O–H groups in total. The molecule has 0 bridgehead atoms. The van der Waals surface area contributed by atoms with E-state index < -0.39 is 59.3 Å².